The number of carbonyl (C=O) groups excluding carboxylic acids is 2. The van der Waals surface area contributed by atoms with Crippen LogP contribution in [0.4, 0.5) is 15.0 Å². The molecule has 7 nitrogen and oxygen atoms in total. The average Bonchev–Trinajstić information content (AvgIpc) is 3.15. The molecule has 3 rings (SSSR count). The van der Waals surface area contributed by atoms with Crippen LogP contribution in [0, 0.1) is 11.7 Å². The van der Waals surface area contributed by atoms with Gasteiger partial charge in [-0.2, -0.15) is 0 Å². The van der Waals surface area contributed by atoms with Crippen molar-refractivity contribution < 1.29 is 18.5 Å². The van der Waals surface area contributed by atoms with E-state index in [9.17, 15) is 14.0 Å². The molecule has 0 aliphatic carbocycles. The topological polar surface area (TPSA) is 87.5 Å². The van der Waals surface area contributed by atoms with E-state index in [4.69, 9.17) is 4.52 Å². The van der Waals surface area contributed by atoms with E-state index in [-0.39, 0.29) is 29.0 Å². The quantitative estimate of drug-likeness (QED) is 0.871. The first-order valence-corrected chi connectivity index (χ1v) is 8.03. The maximum Gasteiger partial charge on any atom is 0.320 e. The minimum absolute atomic E-state index is 0.137. The van der Waals surface area contributed by atoms with E-state index in [0.29, 0.717) is 13.0 Å². The number of hydrogen-bond donors (Lipinski definition) is 2. The van der Waals surface area contributed by atoms with Crippen LogP contribution in [-0.4, -0.2) is 42.1 Å². The van der Waals surface area contributed by atoms with Crippen LogP contribution in [0.5, 0.6) is 0 Å². The first-order valence-electron chi connectivity index (χ1n) is 8.03. The molecule has 2 aromatic rings. The van der Waals surface area contributed by atoms with Gasteiger partial charge in [0.1, 0.15) is 5.82 Å². The molecular formula is C17H19FN4O3. The summed E-state index contributed by atoms with van der Waals surface area (Å²) < 4.78 is 18.8. The van der Waals surface area contributed by atoms with Gasteiger partial charge in [-0.25, -0.2) is 9.18 Å². The van der Waals surface area contributed by atoms with Gasteiger partial charge in [0.05, 0.1) is 5.56 Å². The SMILES string of the molecule is CN1CC(CCNC(=O)Nc2cc(-c3ccccc3F)on2)CC1=O. The van der Waals surface area contributed by atoms with Crippen LogP contribution in [-0.2, 0) is 4.79 Å². The molecule has 25 heavy (non-hydrogen) atoms. The number of nitrogens with one attached hydrogen (secondary N) is 2. The molecule has 132 valence electrons. The number of likely N-dealkylation sites (tertiary alicyclic amines) is 1. The second-order valence-corrected chi connectivity index (χ2v) is 6.07. The molecule has 8 heteroatoms. The number of rotatable bonds is 5. The summed E-state index contributed by atoms with van der Waals surface area (Å²) in [5.41, 5.74) is 0.276. The van der Waals surface area contributed by atoms with E-state index in [2.05, 4.69) is 15.8 Å². The van der Waals surface area contributed by atoms with E-state index in [1.807, 2.05) is 0 Å². The smallest absolute Gasteiger partial charge is 0.320 e. The predicted molar refractivity (Wildman–Crippen MR) is 89.3 cm³/mol. The van der Waals surface area contributed by atoms with Gasteiger partial charge in [-0.05, 0) is 24.5 Å². The summed E-state index contributed by atoms with van der Waals surface area (Å²) in [6, 6.07) is 7.19. The van der Waals surface area contributed by atoms with Crippen LogP contribution in [0.2, 0.25) is 0 Å². The molecule has 1 unspecified atom stereocenters. The number of urea groups is 1. The highest BCUT2D eigenvalue weighted by atomic mass is 19.1. The maximum absolute atomic E-state index is 13.7. The minimum atomic E-state index is -0.425. The van der Waals surface area contributed by atoms with E-state index >= 15 is 0 Å². The summed E-state index contributed by atoms with van der Waals surface area (Å²) in [7, 11) is 1.78. The second kappa shape index (κ2) is 7.33. The summed E-state index contributed by atoms with van der Waals surface area (Å²) in [6.45, 7) is 1.17. The fourth-order valence-electron chi connectivity index (χ4n) is 2.82. The zero-order chi connectivity index (χ0) is 17.8. The van der Waals surface area contributed by atoms with Gasteiger partial charge >= 0.3 is 6.03 Å². The number of anilines is 1. The van der Waals surface area contributed by atoms with E-state index in [1.165, 1.54) is 12.1 Å². The maximum atomic E-state index is 13.7. The number of carbonyl (C=O) groups is 2. The number of hydrogen-bond acceptors (Lipinski definition) is 4. The Kier molecular flexibility index (Phi) is 4.97. The lowest BCUT2D eigenvalue weighted by Gasteiger charge is -2.10. The Labute approximate surface area is 144 Å². The Hall–Kier alpha value is -2.90. The number of aromatic nitrogens is 1. The third-order valence-corrected chi connectivity index (χ3v) is 4.15. The Balaban J connectivity index is 1.47. The zero-order valence-corrected chi connectivity index (χ0v) is 13.8. The fourth-order valence-corrected chi connectivity index (χ4v) is 2.82. The molecule has 1 aromatic carbocycles. The highest BCUT2D eigenvalue weighted by molar-refractivity contribution is 5.88. The van der Waals surface area contributed by atoms with Gasteiger partial charge in [0, 0.05) is 32.6 Å². The number of amides is 3. The lowest BCUT2D eigenvalue weighted by molar-refractivity contribution is -0.126. The average molecular weight is 346 g/mol. The van der Waals surface area contributed by atoms with Crippen LogP contribution in [0.15, 0.2) is 34.9 Å². The molecule has 2 N–H and O–H groups in total. The van der Waals surface area contributed by atoms with Crippen molar-refractivity contribution in [2.75, 3.05) is 25.5 Å². The van der Waals surface area contributed by atoms with E-state index in [1.54, 1.807) is 30.1 Å². The Morgan fingerprint density at radius 2 is 2.24 bits per heavy atom. The molecule has 1 atom stereocenters. The van der Waals surface area contributed by atoms with Crippen LogP contribution < -0.4 is 10.6 Å². The fraction of sp³-hybridized carbons (Fsp3) is 0.353. The normalized spacial score (nSPS) is 17.0. The van der Waals surface area contributed by atoms with Crippen molar-refractivity contribution in [2.24, 2.45) is 5.92 Å². The lowest BCUT2D eigenvalue weighted by atomic mass is 10.1. The first kappa shape index (κ1) is 16.9. The van der Waals surface area contributed by atoms with Gasteiger partial charge in [-0.15, -0.1) is 0 Å². The third-order valence-electron chi connectivity index (χ3n) is 4.15. The third kappa shape index (κ3) is 4.14. The molecule has 1 fully saturated rings. The first-order chi connectivity index (χ1) is 12.0. The summed E-state index contributed by atoms with van der Waals surface area (Å²) in [5.74, 6) is 0.411. The van der Waals surface area contributed by atoms with Crippen molar-refractivity contribution in [2.45, 2.75) is 12.8 Å². The molecule has 1 aliphatic heterocycles. The highest BCUT2D eigenvalue weighted by Gasteiger charge is 2.26. The van der Waals surface area contributed by atoms with Gasteiger partial charge in [-0.1, -0.05) is 17.3 Å². The summed E-state index contributed by atoms with van der Waals surface area (Å²) >= 11 is 0. The van der Waals surface area contributed by atoms with Crippen molar-refractivity contribution in [3.63, 3.8) is 0 Å². The Morgan fingerprint density at radius 3 is 2.96 bits per heavy atom. The highest BCUT2D eigenvalue weighted by Crippen LogP contribution is 2.24. The molecular weight excluding hydrogens is 327 g/mol. The van der Waals surface area contributed by atoms with Gasteiger partial charge in [0.15, 0.2) is 11.6 Å². The van der Waals surface area contributed by atoms with Crippen molar-refractivity contribution in [1.29, 1.82) is 0 Å². The number of halogens is 1. The van der Waals surface area contributed by atoms with Crippen LogP contribution in [0.25, 0.3) is 11.3 Å². The van der Waals surface area contributed by atoms with Gasteiger partial charge in [-0.3, -0.25) is 10.1 Å². The molecule has 2 heterocycles. The molecule has 1 saturated heterocycles. The van der Waals surface area contributed by atoms with Gasteiger partial charge in [0.25, 0.3) is 0 Å². The second-order valence-electron chi connectivity index (χ2n) is 6.07. The lowest BCUT2D eigenvalue weighted by Crippen LogP contribution is -2.30. The summed E-state index contributed by atoms with van der Waals surface area (Å²) in [6.07, 6.45) is 1.25. The minimum Gasteiger partial charge on any atom is -0.354 e. The molecule has 1 aromatic heterocycles. The van der Waals surface area contributed by atoms with Crippen molar-refractivity contribution in [1.82, 2.24) is 15.4 Å². The standard InChI is InChI=1S/C17H19FN4O3/c1-22-10-11(8-16(22)23)6-7-19-17(24)20-15-9-14(25-21-15)12-4-2-3-5-13(12)18/h2-5,9,11H,6-8,10H2,1H3,(H2,19,20,21,24). The summed E-state index contributed by atoms with van der Waals surface area (Å²) in [4.78, 5) is 25.0. The molecule has 1 aliphatic rings. The molecule has 0 saturated carbocycles. The monoisotopic (exact) mass is 346 g/mol. The van der Waals surface area contributed by atoms with Crippen molar-refractivity contribution >= 4 is 17.8 Å². The molecule has 3 amide bonds. The van der Waals surface area contributed by atoms with E-state index < -0.39 is 11.8 Å². The van der Waals surface area contributed by atoms with Crippen molar-refractivity contribution in [3.8, 4) is 11.3 Å². The molecule has 0 bridgehead atoms. The zero-order valence-electron chi connectivity index (χ0n) is 13.8. The van der Waals surface area contributed by atoms with Crippen LogP contribution in [0.1, 0.15) is 12.8 Å². The summed E-state index contributed by atoms with van der Waals surface area (Å²) in [5, 5.41) is 8.97. The van der Waals surface area contributed by atoms with Gasteiger partial charge in [0.2, 0.25) is 5.91 Å². The predicted octanol–water partition coefficient (Wildman–Crippen LogP) is 2.47. The molecule has 0 spiro atoms. The van der Waals surface area contributed by atoms with Gasteiger partial charge < -0.3 is 14.7 Å². The van der Waals surface area contributed by atoms with Crippen LogP contribution >= 0.6 is 0 Å². The van der Waals surface area contributed by atoms with Crippen molar-refractivity contribution in [3.05, 3.63) is 36.1 Å². The molecule has 0 radical (unpaired) electrons. The van der Waals surface area contributed by atoms with Crippen LogP contribution in [0.3, 0.4) is 0 Å². The largest absolute Gasteiger partial charge is 0.354 e. The van der Waals surface area contributed by atoms with E-state index in [0.717, 1.165) is 13.0 Å². The number of benzene rings is 1. The Morgan fingerprint density at radius 1 is 1.44 bits per heavy atom. The number of nitrogens with zero attached hydrogens (tertiary/aromatic N) is 2. The Bertz CT molecular complexity index is 777.